The molecule has 0 saturated carbocycles. The topological polar surface area (TPSA) is 58.2 Å². The van der Waals surface area contributed by atoms with E-state index in [0.717, 1.165) is 6.42 Å². The number of carbonyl (C=O) groups is 2. The van der Waals surface area contributed by atoms with Gasteiger partial charge in [-0.05, 0) is 30.5 Å². The lowest BCUT2D eigenvalue weighted by molar-refractivity contribution is -0.119. The molecule has 109 valence electrons. The van der Waals surface area contributed by atoms with Crippen LogP contribution in [0.5, 0.6) is 0 Å². The summed E-state index contributed by atoms with van der Waals surface area (Å²) in [4.78, 5) is 23.3. The number of benzene rings is 1. The largest absolute Gasteiger partial charge is 0.350 e. The van der Waals surface area contributed by atoms with Gasteiger partial charge in [-0.1, -0.05) is 37.0 Å². The molecule has 1 rings (SSSR count). The van der Waals surface area contributed by atoms with Gasteiger partial charge < -0.3 is 10.6 Å². The molecule has 0 atom stereocenters. The average molecular weight is 316 g/mol. The van der Waals surface area contributed by atoms with Crippen molar-refractivity contribution in [1.29, 1.82) is 0 Å². The normalized spacial score (nSPS) is 10.4. The molecule has 0 spiro atoms. The zero-order valence-corrected chi connectivity index (χ0v) is 12.9. The van der Waals surface area contributed by atoms with E-state index in [2.05, 4.69) is 24.5 Å². The van der Waals surface area contributed by atoms with Crippen molar-refractivity contribution in [2.75, 3.05) is 6.54 Å². The zero-order valence-electron chi connectivity index (χ0n) is 11.4. The molecular formula is C14H17Cl2N2O2. The van der Waals surface area contributed by atoms with Gasteiger partial charge in [-0.15, -0.1) is 0 Å². The van der Waals surface area contributed by atoms with E-state index in [9.17, 15) is 9.59 Å². The minimum atomic E-state index is -0.373. The van der Waals surface area contributed by atoms with Crippen LogP contribution in [0.4, 0.5) is 0 Å². The molecule has 0 aromatic heterocycles. The monoisotopic (exact) mass is 315 g/mol. The van der Waals surface area contributed by atoms with Crippen LogP contribution in [-0.2, 0) is 4.79 Å². The highest BCUT2D eigenvalue weighted by atomic mass is 35.5. The standard InChI is InChI=1S/C14H17Cl2N2O2/c1-9(2)5-6-17-13(19)8-18-14(20)10-3-4-11(15)12(16)7-10/h3-4,6-7,9H,5,8H2,1-2H3,(H,17,19)(H,18,20). The van der Waals surface area contributed by atoms with Gasteiger partial charge in [-0.25, -0.2) is 0 Å². The van der Waals surface area contributed by atoms with Gasteiger partial charge in [0, 0.05) is 12.1 Å². The van der Waals surface area contributed by atoms with Gasteiger partial charge in [0.15, 0.2) is 0 Å². The number of hydrogen-bond donors (Lipinski definition) is 2. The molecular weight excluding hydrogens is 299 g/mol. The SMILES string of the molecule is CC(C)C[CH]NC(=O)CNC(=O)c1ccc(Cl)c(Cl)c1. The molecule has 1 radical (unpaired) electrons. The van der Waals surface area contributed by atoms with Gasteiger partial charge in [0.05, 0.1) is 16.6 Å². The van der Waals surface area contributed by atoms with Crippen LogP contribution >= 0.6 is 23.2 Å². The highest BCUT2D eigenvalue weighted by Crippen LogP contribution is 2.22. The predicted molar refractivity (Wildman–Crippen MR) is 80.7 cm³/mol. The summed E-state index contributed by atoms with van der Waals surface area (Å²) in [5, 5.41) is 5.81. The summed E-state index contributed by atoms with van der Waals surface area (Å²) in [6.45, 7) is 5.70. The zero-order chi connectivity index (χ0) is 15.1. The Bertz CT molecular complexity index is 490. The van der Waals surface area contributed by atoms with Crippen LogP contribution in [0.3, 0.4) is 0 Å². The molecule has 6 heteroatoms. The van der Waals surface area contributed by atoms with Crippen LogP contribution in [-0.4, -0.2) is 18.4 Å². The fourth-order valence-electron chi connectivity index (χ4n) is 1.36. The van der Waals surface area contributed by atoms with E-state index in [1.165, 1.54) is 12.1 Å². The maximum absolute atomic E-state index is 11.8. The average Bonchev–Trinajstić information content (AvgIpc) is 2.38. The minimum Gasteiger partial charge on any atom is -0.350 e. The molecule has 2 amide bonds. The van der Waals surface area contributed by atoms with Crippen molar-refractivity contribution in [3.63, 3.8) is 0 Å². The molecule has 1 aromatic carbocycles. The van der Waals surface area contributed by atoms with Gasteiger partial charge >= 0.3 is 0 Å². The third-order valence-corrected chi connectivity index (χ3v) is 3.18. The second-order valence-corrected chi connectivity index (χ2v) is 5.53. The molecule has 2 N–H and O–H groups in total. The number of rotatable bonds is 6. The van der Waals surface area contributed by atoms with Crippen LogP contribution < -0.4 is 10.6 Å². The van der Waals surface area contributed by atoms with Crippen molar-refractivity contribution < 1.29 is 9.59 Å². The number of amides is 2. The third-order valence-electron chi connectivity index (χ3n) is 2.44. The van der Waals surface area contributed by atoms with E-state index < -0.39 is 0 Å². The van der Waals surface area contributed by atoms with Crippen LogP contribution in [0.25, 0.3) is 0 Å². The van der Waals surface area contributed by atoms with Crippen LogP contribution in [0.15, 0.2) is 18.2 Å². The Kier molecular flexibility index (Phi) is 6.82. The highest BCUT2D eigenvalue weighted by molar-refractivity contribution is 6.42. The van der Waals surface area contributed by atoms with E-state index in [1.807, 2.05) is 0 Å². The molecule has 0 aliphatic rings. The van der Waals surface area contributed by atoms with E-state index >= 15 is 0 Å². The van der Waals surface area contributed by atoms with Gasteiger partial charge in [0.25, 0.3) is 5.91 Å². The second kappa shape index (κ2) is 8.12. The maximum Gasteiger partial charge on any atom is 0.251 e. The van der Waals surface area contributed by atoms with Gasteiger partial charge in [-0.3, -0.25) is 9.59 Å². The van der Waals surface area contributed by atoms with E-state index in [4.69, 9.17) is 23.2 Å². The van der Waals surface area contributed by atoms with Crippen molar-refractivity contribution >= 4 is 35.0 Å². The first-order chi connectivity index (χ1) is 9.40. The molecule has 20 heavy (non-hydrogen) atoms. The van der Waals surface area contributed by atoms with Crippen LogP contribution in [0, 0.1) is 12.5 Å². The van der Waals surface area contributed by atoms with Crippen LogP contribution in [0.2, 0.25) is 10.0 Å². The summed E-state index contributed by atoms with van der Waals surface area (Å²) in [6, 6.07) is 4.55. The summed E-state index contributed by atoms with van der Waals surface area (Å²) in [6.07, 6.45) is 0.784. The quantitative estimate of drug-likeness (QED) is 0.847. The van der Waals surface area contributed by atoms with Crippen molar-refractivity contribution in [2.45, 2.75) is 20.3 Å². The first kappa shape index (κ1) is 16.8. The van der Waals surface area contributed by atoms with Crippen molar-refractivity contribution in [1.82, 2.24) is 10.6 Å². The smallest absolute Gasteiger partial charge is 0.251 e. The summed E-state index contributed by atoms with van der Waals surface area (Å²) in [7, 11) is 0. The Morgan fingerprint density at radius 1 is 1.25 bits per heavy atom. The lowest BCUT2D eigenvalue weighted by Crippen LogP contribution is -2.36. The second-order valence-electron chi connectivity index (χ2n) is 4.71. The van der Waals surface area contributed by atoms with Gasteiger partial charge in [-0.2, -0.15) is 0 Å². The molecule has 1 aromatic rings. The summed E-state index contributed by atoms with van der Waals surface area (Å²) >= 11 is 11.6. The summed E-state index contributed by atoms with van der Waals surface area (Å²) in [5.41, 5.74) is 0.360. The minimum absolute atomic E-state index is 0.0896. The number of nitrogens with one attached hydrogen (secondary N) is 2. The molecule has 0 aliphatic carbocycles. The number of carbonyl (C=O) groups excluding carboxylic acids is 2. The van der Waals surface area contributed by atoms with Crippen molar-refractivity contribution in [3.8, 4) is 0 Å². The molecule has 0 bridgehead atoms. The first-order valence-electron chi connectivity index (χ1n) is 6.24. The number of halogens is 2. The van der Waals surface area contributed by atoms with Gasteiger partial charge in [0.2, 0.25) is 5.91 Å². The fraction of sp³-hybridized carbons (Fsp3) is 0.357. The number of hydrogen-bond acceptors (Lipinski definition) is 2. The Hall–Kier alpha value is -1.26. The Labute approximate surface area is 128 Å². The fourth-order valence-corrected chi connectivity index (χ4v) is 1.66. The maximum atomic E-state index is 11.8. The molecule has 0 aliphatic heterocycles. The predicted octanol–water partition coefficient (Wildman–Crippen LogP) is 3.05. The van der Waals surface area contributed by atoms with Crippen LogP contribution in [0.1, 0.15) is 30.6 Å². The van der Waals surface area contributed by atoms with Crippen molar-refractivity contribution in [3.05, 3.63) is 40.4 Å². The van der Waals surface area contributed by atoms with Gasteiger partial charge in [0.1, 0.15) is 0 Å². The summed E-state index contributed by atoms with van der Waals surface area (Å²) < 4.78 is 0. The molecule has 0 fully saturated rings. The Morgan fingerprint density at radius 3 is 2.55 bits per heavy atom. The molecule has 0 unspecified atom stereocenters. The molecule has 0 saturated heterocycles. The molecule has 0 heterocycles. The van der Waals surface area contributed by atoms with Crippen molar-refractivity contribution in [2.24, 2.45) is 5.92 Å². The Morgan fingerprint density at radius 2 is 1.95 bits per heavy atom. The van der Waals surface area contributed by atoms with E-state index in [1.54, 1.807) is 12.6 Å². The highest BCUT2D eigenvalue weighted by Gasteiger charge is 2.09. The lowest BCUT2D eigenvalue weighted by Gasteiger charge is -2.08. The third kappa shape index (κ3) is 5.80. The van der Waals surface area contributed by atoms with E-state index in [0.29, 0.717) is 21.5 Å². The summed E-state index contributed by atoms with van der Waals surface area (Å²) in [5.74, 6) is -0.164. The Balaban J connectivity index is 2.39. The molecule has 4 nitrogen and oxygen atoms in total. The van der Waals surface area contributed by atoms with E-state index in [-0.39, 0.29) is 18.4 Å². The lowest BCUT2D eigenvalue weighted by atomic mass is 10.1. The first-order valence-corrected chi connectivity index (χ1v) is 7.00.